The minimum Gasteiger partial charge on any atom is -0.381 e. The van der Waals surface area contributed by atoms with Crippen molar-refractivity contribution in [2.24, 2.45) is 5.92 Å². The van der Waals surface area contributed by atoms with E-state index >= 15 is 0 Å². The van der Waals surface area contributed by atoms with Crippen molar-refractivity contribution in [3.05, 3.63) is 22.7 Å². The number of likely N-dealkylation sites (tertiary alicyclic amines) is 1. The van der Waals surface area contributed by atoms with Crippen molar-refractivity contribution in [2.45, 2.75) is 18.8 Å². The van der Waals surface area contributed by atoms with Crippen molar-refractivity contribution in [2.75, 3.05) is 26.3 Å². The minimum atomic E-state index is 0.0328. The summed E-state index contributed by atoms with van der Waals surface area (Å²) in [5.74, 6) is 1.68. The van der Waals surface area contributed by atoms with Crippen LogP contribution in [0.3, 0.4) is 0 Å². The average molecular weight is 319 g/mol. The molecule has 4 rings (SSSR count). The first-order valence-corrected chi connectivity index (χ1v) is 8.48. The molecular weight excluding hydrogens is 302 g/mol. The molecule has 116 valence electrons. The summed E-state index contributed by atoms with van der Waals surface area (Å²) in [7, 11) is 0. The fourth-order valence-electron chi connectivity index (χ4n) is 3.06. The lowest BCUT2D eigenvalue weighted by Crippen LogP contribution is -2.34. The Kier molecular flexibility index (Phi) is 3.67. The summed E-state index contributed by atoms with van der Waals surface area (Å²) < 4.78 is 10.6. The van der Waals surface area contributed by atoms with Crippen LogP contribution in [0, 0.1) is 5.92 Å². The number of aromatic nitrogens is 2. The first kappa shape index (κ1) is 13.9. The quantitative estimate of drug-likeness (QED) is 0.867. The van der Waals surface area contributed by atoms with Gasteiger partial charge in [-0.1, -0.05) is 5.16 Å². The molecule has 1 amide bonds. The molecule has 0 spiro atoms. The molecule has 2 aliphatic rings. The topological polar surface area (TPSA) is 68.5 Å². The number of hydrogen-bond donors (Lipinski definition) is 0. The Balaban J connectivity index is 1.43. The number of rotatable bonds is 3. The maximum Gasteiger partial charge on any atom is 0.258 e. The van der Waals surface area contributed by atoms with Gasteiger partial charge in [0.05, 0.1) is 18.1 Å². The van der Waals surface area contributed by atoms with Crippen LogP contribution in [0.1, 0.15) is 24.6 Å². The molecule has 22 heavy (non-hydrogen) atoms. The van der Waals surface area contributed by atoms with Crippen molar-refractivity contribution in [3.8, 4) is 11.5 Å². The molecule has 2 atom stereocenters. The molecule has 2 aromatic rings. The second kappa shape index (κ2) is 5.81. The Morgan fingerprint density at radius 1 is 1.41 bits per heavy atom. The minimum absolute atomic E-state index is 0.0328. The number of ether oxygens (including phenoxy) is 1. The van der Waals surface area contributed by atoms with Gasteiger partial charge < -0.3 is 14.2 Å². The van der Waals surface area contributed by atoms with Crippen molar-refractivity contribution in [1.82, 2.24) is 15.0 Å². The van der Waals surface area contributed by atoms with Gasteiger partial charge in [-0.25, -0.2) is 0 Å². The van der Waals surface area contributed by atoms with Crippen LogP contribution in [0.5, 0.6) is 0 Å². The van der Waals surface area contributed by atoms with Gasteiger partial charge in [-0.3, -0.25) is 4.79 Å². The van der Waals surface area contributed by atoms with E-state index in [1.54, 1.807) is 11.3 Å². The summed E-state index contributed by atoms with van der Waals surface area (Å²) in [6.45, 7) is 2.70. The zero-order chi connectivity index (χ0) is 14.9. The molecule has 0 aromatic carbocycles. The Morgan fingerprint density at radius 3 is 3.14 bits per heavy atom. The number of carbonyl (C=O) groups excluding carboxylic acids is 1. The van der Waals surface area contributed by atoms with E-state index in [0.717, 1.165) is 24.9 Å². The van der Waals surface area contributed by atoms with E-state index in [9.17, 15) is 4.79 Å². The molecule has 0 unspecified atom stereocenters. The summed E-state index contributed by atoms with van der Waals surface area (Å²) >= 11 is 1.60. The van der Waals surface area contributed by atoms with E-state index < -0.39 is 0 Å². The van der Waals surface area contributed by atoms with E-state index in [-0.39, 0.29) is 17.7 Å². The van der Waals surface area contributed by atoms with E-state index in [4.69, 9.17) is 9.26 Å². The maximum atomic E-state index is 12.4. The van der Waals surface area contributed by atoms with Crippen LogP contribution in [0.15, 0.2) is 21.3 Å². The lowest BCUT2D eigenvalue weighted by atomic mass is 10.1. The third kappa shape index (κ3) is 2.55. The predicted octanol–water partition coefficient (Wildman–Crippen LogP) is 2.15. The van der Waals surface area contributed by atoms with Gasteiger partial charge in [0.2, 0.25) is 5.91 Å². The predicted molar refractivity (Wildman–Crippen MR) is 80.5 cm³/mol. The molecule has 7 heteroatoms. The lowest BCUT2D eigenvalue weighted by molar-refractivity contribution is -0.134. The second-order valence-electron chi connectivity index (χ2n) is 5.80. The van der Waals surface area contributed by atoms with Gasteiger partial charge in [0, 0.05) is 31.0 Å². The Labute approximate surface area is 132 Å². The zero-order valence-corrected chi connectivity index (χ0v) is 12.9. The largest absolute Gasteiger partial charge is 0.381 e. The Bertz CT molecular complexity index is 649. The monoisotopic (exact) mass is 319 g/mol. The van der Waals surface area contributed by atoms with E-state index in [1.165, 1.54) is 0 Å². The van der Waals surface area contributed by atoms with Gasteiger partial charge in [-0.15, -0.1) is 0 Å². The van der Waals surface area contributed by atoms with E-state index in [2.05, 4.69) is 10.1 Å². The van der Waals surface area contributed by atoms with Crippen LogP contribution in [-0.2, 0) is 9.53 Å². The van der Waals surface area contributed by atoms with Gasteiger partial charge in [0.25, 0.3) is 5.89 Å². The molecule has 0 aliphatic carbocycles. The van der Waals surface area contributed by atoms with Crippen molar-refractivity contribution < 1.29 is 14.1 Å². The average Bonchev–Trinajstić information content (AvgIpc) is 3.35. The number of nitrogens with zero attached hydrogens (tertiary/aromatic N) is 3. The fourth-order valence-corrected chi connectivity index (χ4v) is 3.69. The Morgan fingerprint density at radius 2 is 2.36 bits per heavy atom. The molecule has 0 N–H and O–H groups in total. The van der Waals surface area contributed by atoms with Crippen LogP contribution < -0.4 is 0 Å². The highest BCUT2D eigenvalue weighted by atomic mass is 32.1. The lowest BCUT2D eigenvalue weighted by Gasteiger charge is -2.19. The van der Waals surface area contributed by atoms with E-state index in [0.29, 0.717) is 31.5 Å². The molecule has 2 saturated heterocycles. The van der Waals surface area contributed by atoms with Crippen LogP contribution in [-0.4, -0.2) is 47.3 Å². The molecule has 2 aromatic heterocycles. The highest BCUT2D eigenvalue weighted by molar-refractivity contribution is 7.08. The van der Waals surface area contributed by atoms with Crippen molar-refractivity contribution >= 4 is 17.2 Å². The third-order valence-electron chi connectivity index (χ3n) is 4.35. The molecule has 2 fully saturated rings. The first-order chi connectivity index (χ1) is 10.8. The van der Waals surface area contributed by atoms with Gasteiger partial charge >= 0.3 is 0 Å². The molecule has 0 bridgehead atoms. The SMILES string of the molecule is O=C([C@@H]1CCOC1)N1CC[C@H](c2noc(-c3ccsc3)n2)C1. The second-order valence-corrected chi connectivity index (χ2v) is 6.58. The molecule has 2 aliphatic heterocycles. The molecule has 6 nitrogen and oxygen atoms in total. The molecular formula is C15H17N3O3S. The highest BCUT2D eigenvalue weighted by Crippen LogP contribution is 2.29. The number of carbonyl (C=O) groups is 1. The highest BCUT2D eigenvalue weighted by Gasteiger charge is 2.35. The normalized spacial score (nSPS) is 25.0. The van der Waals surface area contributed by atoms with Gasteiger partial charge in [-0.2, -0.15) is 16.3 Å². The van der Waals surface area contributed by atoms with Crippen LogP contribution >= 0.6 is 11.3 Å². The zero-order valence-electron chi connectivity index (χ0n) is 12.1. The van der Waals surface area contributed by atoms with Crippen molar-refractivity contribution in [1.29, 1.82) is 0 Å². The summed E-state index contributed by atoms with van der Waals surface area (Å²) in [6.07, 6.45) is 1.73. The Hall–Kier alpha value is -1.73. The molecule has 0 radical (unpaired) electrons. The summed E-state index contributed by atoms with van der Waals surface area (Å²) in [5.41, 5.74) is 0.956. The fraction of sp³-hybridized carbons (Fsp3) is 0.533. The van der Waals surface area contributed by atoms with Crippen LogP contribution in [0.25, 0.3) is 11.5 Å². The van der Waals surface area contributed by atoms with Crippen LogP contribution in [0.4, 0.5) is 0 Å². The number of amides is 1. The van der Waals surface area contributed by atoms with Crippen LogP contribution in [0.2, 0.25) is 0 Å². The van der Waals surface area contributed by atoms with E-state index in [1.807, 2.05) is 21.7 Å². The standard InChI is InChI=1S/C15H17N3O3S/c19-15(11-2-5-20-8-11)18-4-1-10(7-18)13-16-14(21-17-13)12-3-6-22-9-12/h3,6,9-11H,1-2,4-5,7-8H2/t10-,11+/m0/s1. The first-order valence-electron chi connectivity index (χ1n) is 7.54. The smallest absolute Gasteiger partial charge is 0.258 e. The third-order valence-corrected chi connectivity index (χ3v) is 5.04. The van der Waals surface area contributed by atoms with Gasteiger partial charge in [0.15, 0.2) is 5.82 Å². The maximum absolute atomic E-state index is 12.4. The molecule has 4 heterocycles. The summed E-state index contributed by atoms with van der Waals surface area (Å²) in [4.78, 5) is 18.8. The number of hydrogen-bond acceptors (Lipinski definition) is 6. The molecule has 0 saturated carbocycles. The summed E-state index contributed by atoms with van der Waals surface area (Å²) in [6, 6.07) is 1.96. The van der Waals surface area contributed by atoms with Gasteiger partial charge in [0.1, 0.15) is 0 Å². The number of thiophene rings is 1. The van der Waals surface area contributed by atoms with Gasteiger partial charge in [-0.05, 0) is 24.3 Å². The summed E-state index contributed by atoms with van der Waals surface area (Å²) in [5, 5.41) is 8.07. The van der Waals surface area contributed by atoms with Crippen molar-refractivity contribution in [3.63, 3.8) is 0 Å².